The van der Waals surface area contributed by atoms with Gasteiger partial charge in [0.15, 0.2) is 0 Å². The highest BCUT2D eigenvalue weighted by Gasteiger charge is 2.34. The third-order valence-corrected chi connectivity index (χ3v) is 6.07. The van der Waals surface area contributed by atoms with E-state index in [1.54, 1.807) is 13.0 Å². The molecule has 0 bridgehead atoms. The van der Waals surface area contributed by atoms with E-state index in [9.17, 15) is 14.0 Å². The van der Waals surface area contributed by atoms with Crippen molar-refractivity contribution >= 4 is 11.8 Å². The van der Waals surface area contributed by atoms with Gasteiger partial charge in [0, 0.05) is 25.6 Å². The fraction of sp³-hybridized carbons (Fsp3) is 0.565. The van der Waals surface area contributed by atoms with E-state index in [4.69, 9.17) is 6.42 Å². The molecule has 1 N–H and O–H groups in total. The number of rotatable bonds is 5. The Morgan fingerprint density at radius 3 is 2.66 bits per heavy atom. The molecule has 0 aromatic heterocycles. The third kappa shape index (κ3) is 5.36. The van der Waals surface area contributed by atoms with E-state index in [1.165, 1.54) is 6.07 Å². The molecule has 2 aliphatic heterocycles. The number of halogens is 1. The molecule has 5 nitrogen and oxygen atoms in total. The summed E-state index contributed by atoms with van der Waals surface area (Å²) in [4.78, 5) is 29.5. The zero-order valence-corrected chi connectivity index (χ0v) is 17.1. The van der Waals surface area contributed by atoms with Gasteiger partial charge in [0.1, 0.15) is 5.82 Å². The Labute approximate surface area is 172 Å². The first-order chi connectivity index (χ1) is 14.0. The van der Waals surface area contributed by atoms with Crippen LogP contribution in [-0.4, -0.2) is 53.8 Å². The molecule has 0 aliphatic carbocycles. The van der Waals surface area contributed by atoms with Crippen molar-refractivity contribution in [3.8, 4) is 12.3 Å². The molecule has 2 aliphatic rings. The lowest BCUT2D eigenvalue weighted by Gasteiger charge is -2.39. The normalized spacial score (nSPS) is 20.9. The zero-order valence-electron chi connectivity index (χ0n) is 17.1. The van der Waals surface area contributed by atoms with E-state index < -0.39 is 0 Å². The van der Waals surface area contributed by atoms with E-state index in [2.05, 4.69) is 16.1 Å². The first kappa shape index (κ1) is 21.3. The molecular formula is C23H30FN3O2. The van der Waals surface area contributed by atoms with Gasteiger partial charge >= 0.3 is 0 Å². The molecule has 0 unspecified atom stereocenters. The zero-order chi connectivity index (χ0) is 20.8. The topological polar surface area (TPSA) is 52.7 Å². The maximum atomic E-state index is 13.6. The quantitative estimate of drug-likeness (QED) is 0.774. The summed E-state index contributed by atoms with van der Waals surface area (Å²) in [5.74, 6) is 2.42. The van der Waals surface area contributed by atoms with Crippen LogP contribution in [0.2, 0.25) is 0 Å². The van der Waals surface area contributed by atoms with Gasteiger partial charge < -0.3 is 10.2 Å². The third-order valence-electron chi connectivity index (χ3n) is 6.07. The summed E-state index contributed by atoms with van der Waals surface area (Å²) < 4.78 is 13.6. The van der Waals surface area contributed by atoms with E-state index in [1.807, 2.05) is 11.0 Å². The van der Waals surface area contributed by atoms with Crippen LogP contribution in [0.5, 0.6) is 0 Å². The van der Waals surface area contributed by atoms with E-state index >= 15 is 0 Å². The molecular weight excluding hydrogens is 369 g/mol. The van der Waals surface area contributed by atoms with Crippen LogP contribution in [0.4, 0.5) is 4.39 Å². The smallest absolute Gasteiger partial charge is 0.239 e. The predicted molar refractivity (Wildman–Crippen MR) is 110 cm³/mol. The fourth-order valence-corrected chi connectivity index (χ4v) is 4.23. The first-order valence-corrected chi connectivity index (χ1v) is 10.5. The average Bonchev–Trinajstić information content (AvgIpc) is 2.74. The highest BCUT2D eigenvalue weighted by atomic mass is 19.1. The number of amides is 2. The van der Waals surface area contributed by atoms with E-state index in [0.29, 0.717) is 44.6 Å². The monoisotopic (exact) mass is 399 g/mol. The predicted octanol–water partition coefficient (Wildman–Crippen LogP) is 2.48. The first-order valence-electron chi connectivity index (χ1n) is 10.5. The standard InChI is InChI=1S/C23H30FN3O2/c1-3-11-26-12-5-4-6-21(26)23(29)27-13-9-19(10-14-27)22(28)25-16-18-8-7-17(2)20(24)15-18/h1,7-8,15,19,21H,4-6,9-14,16H2,2H3,(H,25,28)/t21-/m0/s1. The maximum absolute atomic E-state index is 13.6. The second kappa shape index (κ2) is 9.89. The molecule has 2 heterocycles. The number of terminal acetylenes is 1. The van der Waals surface area contributed by atoms with Crippen molar-refractivity contribution in [2.24, 2.45) is 5.92 Å². The minimum absolute atomic E-state index is 0.0234. The number of likely N-dealkylation sites (tertiary alicyclic amines) is 2. The molecule has 1 aromatic rings. The summed E-state index contributed by atoms with van der Waals surface area (Å²) in [6.45, 7) is 4.60. The Hall–Kier alpha value is -2.39. The number of carbonyl (C=O) groups excluding carboxylic acids is 2. The van der Waals surface area contributed by atoms with Crippen molar-refractivity contribution in [2.45, 2.75) is 51.6 Å². The van der Waals surface area contributed by atoms with Gasteiger partial charge in [-0.1, -0.05) is 24.5 Å². The lowest BCUT2D eigenvalue weighted by molar-refractivity contribution is -0.141. The molecule has 1 atom stereocenters. The van der Waals surface area contributed by atoms with Gasteiger partial charge in [0.25, 0.3) is 0 Å². The molecule has 3 rings (SSSR count). The Kier molecular flexibility index (Phi) is 7.27. The largest absolute Gasteiger partial charge is 0.352 e. The number of hydrogen-bond acceptors (Lipinski definition) is 3. The number of carbonyl (C=O) groups is 2. The van der Waals surface area contributed by atoms with Crippen LogP contribution in [0.25, 0.3) is 0 Å². The van der Waals surface area contributed by atoms with Crippen LogP contribution in [0.3, 0.4) is 0 Å². The van der Waals surface area contributed by atoms with E-state index in [-0.39, 0.29) is 29.6 Å². The van der Waals surface area contributed by atoms with Gasteiger partial charge in [-0.15, -0.1) is 6.42 Å². The summed E-state index contributed by atoms with van der Waals surface area (Å²) >= 11 is 0. The van der Waals surface area contributed by atoms with Gasteiger partial charge in [-0.2, -0.15) is 0 Å². The molecule has 156 valence electrons. The van der Waals surface area contributed by atoms with E-state index in [0.717, 1.165) is 31.4 Å². The van der Waals surface area contributed by atoms with Gasteiger partial charge in [0.05, 0.1) is 12.6 Å². The van der Waals surface area contributed by atoms with Gasteiger partial charge in [-0.3, -0.25) is 14.5 Å². The summed E-state index contributed by atoms with van der Waals surface area (Å²) in [5.41, 5.74) is 1.34. The number of benzene rings is 1. The highest BCUT2D eigenvalue weighted by Crippen LogP contribution is 2.23. The molecule has 6 heteroatoms. The van der Waals surface area contributed by atoms with Gasteiger partial charge in [-0.05, 0) is 56.3 Å². The Balaban J connectivity index is 1.47. The molecule has 29 heavy (non-hydrogen) atoms. The molecule has 0 spiro atoms. The van der Waals surface area contributed by atoms with Crippen molar-refractivity contribution < 1.29 is 14.0 Å². The Morgan fingerprint density at radius 2 is 1.97 bits per heavy atom. The van der Waals surface area contributed by atoms with Crippen LogP contribution in [0.1, 0.15) is 43.2 Å². The summed E-state index contributed by atoms with van der Waals surface area (Å²) in [6.07, 6.45) is 9.75. The van der Waals surface area contributed by atoms with Crippen molar-refractivity contribution in [1.29, 1.82) is 0 Å². The molecule has 0 radical (unpaired) electrons. The molecule has 0 saturated carbocycles. The summed E-state index contributed by atoms with van der Waals surface area (Å²) in [6, 6.07) is 4.88. The van der Waals surface area contributed by atoms with Gasteiger partial charge in [0.2, 0.25) is 11.8 Å². The number of aryl methyl sites for hydroxylation is 1. The Morgan fingerprint density at radius 1 is 1.21 bits per heavy atom. The van der Waals surface area contributed by atoms with Crippen molar-refractivity contribution in [3.63, 3.8) is 0 Å². The van der Waals surface area contributed by atoms with Gasteiger partial charge in [-0.25, -0.2) is 4.39 Å². The lowest BCUT2D eigenvalue weighted by atomic mass is 9.94. The minimum atomic E-state index is -0.259. The van der Waals surface area contributed by atoms with Crippen molar-refractivity contribution in [2.75, 3.05) is 26.2 Å². The SMILES string of the molecule is C#CCN1CCCC[C@H]1C(=O)N1CCC(C(=O)NCc2ccc(C)c(F)c2)CC1. The molecule has 2 amide bonds. The van der Waals surface area contributed by atoms with Crippen LogP contribution < -0.4 is 5.32 Å². The molecule has 2 saturated heterocycles. The minimum Gasteiger partial charge on any atom is -0.352 e. The maximum Gasteiger partial charge on any atom is 0.239 e. The molecule has 2 fully saturated rings. The molecule has 1 aromatic carbocycles. The van der Waals surface area contributed by atoms with Crippen LogP contribution >= 0.6 is 0 Å². The summed E-state index contributed by atoms with van der Waals surface area (Å²) in [7, 11) is 0. The summed E-state index contributed by atoms with van der Waals surface area (Å²) in [5, 5.41) is 2.91. The van der Waals surface area contributed by atoms with Crippen molar-refractivity contribution in [3.05, 3.63) is 35.1 Å². The average molecular weight is 400 g/mol. The lowest BCUT2D eigenvalue weighted by Crippen LogP contribution is -2.53. The Bertz CT molecular complexity index is 781. The highest BCUT2D eigenvalue weighted by molar-refractivity contribution is 5.83. The number of piperidine rings is 2. The second-order valence-corrected chi connectivity index (χ2v) is 8.09. The number of hydrogen-bond donors (Lipinski definition) is 1. The fourth-order valence-electron chi connectivity index (χ4n) is 4.23. The number of nitrogens with zero attached hydrogens (tertiary/aromatic N) is 2. The second-order valence-electron chi connectivity index (χ2n) is 8.09. The van der Waals surface area contributed by atoms with Crippen LogP contribution in [0.15, 0.2) is 18.2 Å². The number of nitrogens with one attached hydrogen (secondary N) is 1. The van der Waals surface area contributed by atoms with Crippen LogP contribution in [-0.2, 0) is 16.1 Å². The van der Waals surface area contributed by atoms with Crippen molar-refractivity contribution in [1.82, 2.24) is 15.1 Å². The van der Waals surface area contributed by atoms with Crippen LogP contribution in [0, 0.1) is 31.0 Å².